The fourth-order valence-electron chi connectivity index (χ4n) is 2.98. The first-order chi connectivity index (χ1) is 12.8. The largest absolute Gasteiger partial charge is 0.332 e. The van der Waals surface area contributed by atoms with Gasteiger partial charge in [-0.15, -0.1) is 0 Å². The Morgan fingerprint density at radius 2 is 2.31 bits per heavy atom. The smallest absolute Gasteiger partial charge is 0.276 e. The molecular weight excluding hydrogens is 332 g/mol. The van der Waals surface area contributed by atoms with E-state index in [-0.39, 0.29) is 6.04 Å². The molecular formula is C17H16N8O. The molecule has 1 aliphatic heterocycles. The van der Waals surface area contributed by atoms with Crippen LogP contribution < -0.4 is 0 Å². The minimum atomic E-state index is -0.123. The summed E-state index contributed by atoms with van der Waals surface area (Å²) in [6, 6.07) is 5.38. The van der Waals surface area contributed by atoms with Crippen molar-refractivity contribution in [2.45, 2.75) is 18.9 Å². The van der Waals surface area contributed by atoms with Gasteiger partial charge >= 0.3 is 0 Å². The lowest BCUT2D eigenvalue weighted by Gasteiger charge is -2.13. The third kappa shape index (κ3) is 2.93. The van der Waals surface area contributed by atoms with E-state index < -0.39 is 0 Å². The summed E-state index contributed by atoms with van der Waals surface area (Å²) in [6.07, 6.45) is 9.23. The van der Waals surface area contributed by atoms with Crippen molar-refractivity contribution in [3.8, 4) is 23.6 Å². The highest BCUT2D eigenvalue weighted by atomic mass is 16.5. The summed E-state index contributed by atoms with van der Waals surface area (Å²) in [5.41, 5.74) is 1.45. The summed E-state index contributed by atoms with van der Waals surface area (Å²) in [5.74, 6) is 1.48. The number of aliphatic imine (C=N–C) groups is 1. The summed E-state index contributed by atoms with van der Waals surface area (Å²) >= 11 is 0. The Balaban J connectivity index is 1.62. The molecule has 0 amide bonds. The van der Waals surface area contributed by atoms with Crippen molar-refractivity contribution in [2.24, 2.45) is 4.99 Å². The molecule has 1 saturated heterocycles. The Labute approximate surface area is 149 Å². The lowest BCUT2D eigenvalue weighted by atomic mass is 10.2. The molecule has 0 aliphatic carbocycles. The first kappa shape index (κ1) is 16.0. The number of hydrogen-bond donors (Lipinski definition) is 0. The molecule has 26 heavy (non-hydrogen) atoms. The molecule has 1 aliphatic rings. The van der Waals surface area contributed by atoms with Gasteiger partial charge in [-0.2, -0.15) is 15.3 Å². The maximum atomic E-state index is 9.18. The van der Waals surface area contributed by atoms with E-state index in [0.717, 1.165) is 24.9 Å². The summed E-state index contributed by atoms with van der Waals surface area (Å²) in [4.78, 5) is 14.6. The fourth-order valence-corrected chi connectivity index (χ4v) is 2.98. The molecule has 9 nitrogen and oxygen atoms in total. The molecule has 0 radical (unpaired) electrons. The highest BCUT2D eigenvalue weighted by Gasteiger charge is 2.29. The monoisotopic (exact) mass is 348 g/mol. The lowest BCUT2D eigenvalue weighted by molar-refractivity contribution is 0.339. The van der Waals surface area contributed by atoms with Crippen molar-refractivity contribution in [3.05, 3.63) is 42.0 Å². The van der Waals surface area contributed by atoms with Crippen LogP contribution in [-0.2, 0) is 0 Å². The van der Waals surface area contributed by atoms with Crippen LogP contribution in [0.1, 0.15) is 30.3 Å². The van der Waals surface area contributed by atoms with Crippen molar-refractivity contribution in [1.82, 2.24) is 29.8 Å². The van der Waals surface area contributed by atoms with E-state index in [9.17, 15) is 5.26 Å². The summed E-state index contributed by atoms with van der Waals surface area (Å²) in [6.45, 7) is 0.724. The van der Waals surface area contributed by atoms with Crippen LogP contribution in [0.5, 0.6) is 0 Å². The first-order valence-electron chi connectivity index (χ1n) is 8.23. The van der Waals surface area contributed by atoms with Crippen molar-refractivity contribution >= 4 is 6.21 Å². The van der Waals surface area contributed by atoms with Gasteiger partial charge in [0.25, 0.3) is 5.89 Å². The highest BCUT2D eigenvalue weighted by molar-refractivity contribution is 5.78. The van der Waals surface area contributed by atoms with Gasteiger partial charge in [0.2, 0.25) is 0 Å². The third-order valence-electron chi connectivity index (χ3n) is 4.19. The maximum absolute atomic E-state index is 9.18. The van der Waals surface area contributed by atoms with Gasteiger partial charge in [-0.25, -0.2) is 9.67 Å². The molecule has 9 heteroatoms. The van der Waals surface area contributed by atoms with Gasteiger partial charge in [0, 0.05) is 31.6 Å². The fraction of sp³-hybridized carbons (Fsp3) is 0.294. The standard InChI is InChI=1S/C17H16N8O/c1-19-8-12-9-20-25(10-12)15-6-2-4-13(21-15)17-22-16(23-26-17)14-5-3-7-24(14)11-18/h2,4,6,8-10,14H,3,5,7H2,1H3/t14-/m0/s1. The Hall–Kier alpha value is -3.54. The van der Waals surface area contributed by atoms with E-state index >= 15 is 0 Å². The molecule has 3 aromatic heterocycles. The van der Waals surface area contributed by atoms with E-state index in [1.54, 1.807) is 35.1 Å². The van der Waals surface area contributed by atoms with E-state index in [1.807, 2.05) is 18.3 Å². The number of likely N-dealkylation sites (tertiary alicyclic amines) is 1. The molecule has 0 N–H and O–H groups in total. The van der Waals surface area contributed by atoms with Gasteiger partial charge in [0.15, 0.2) is 17.8 Å². The van der Waals surface area contributed by atoms with Crippen LogP contribution in [0.2, 0.25) is 0 Å². The predicted molar refractivity (Wildman–Crippen MR) is 92.5 cm³/mol. The van der Waals surface area contributed by atoms with Crippen LogP contribution >= 0.6 is 0 Å². The van der Waals surface area contributed by atoms with E-state index in [2.05, 4.69) is 31.4 Å². The molecule has 4 rings (SSSR count). The number of nitriles is 1. The second kappa shape index (κ2) is 6.76. The minimum Gasteiger partial charge on any atom is -0.332 e. The molecule has 0 unspecified atom stereocenters. The summed E-state index contributed by atoms with van der Waals surface area (Å²) in [5, 5.41) is 17.5. The second-order valence-corrected chi connectivity index (χ2v) is 5.90. The van der Waals surface area contributed by atoms with Crippen molar-refractivity contribution in [3.63, 3.8) is 0 Å². The number of rotatable bonds is 4. The van der Waals surface area contributed by atoms with Gasteiger partial charge < -0.3 is 4.52 Å². The SMILES string of the molecule is CN=Cc1cnn(-c2cccc(-c3nc([C@@H]4CCCN4C#N)no3)n2)c1. The first-order valence-corrected chi connectivity index (χ1v) is 8.23. The van der Waals surface area contributed by atoms with Crippen LogP contribution in [-0.4, -0.2) is 49.6 Å². The predicted octanol–water partition coefficient (Wildman–Crippen LogP) is 1.98. The van der Waals surface area contributed by atoms with Gasteiger partial charge in [-0.1, -0.05) is 11.2 Å². The molecule has 0 spiro atoms. The van der Waals surface area contributed by atoms with Crippen molar-refractivity contribution in [2.75, 3.05) is 13.6 Å². The average Bonchev–Trinajstić information content (AvgIpc) is 3.41. The van der Waals surface area contributed by atoms with Gasteiger partial charge in [-0.3, -0.25) is 9.89 Å². The van der Waals surface area contributed by atoms with Crippen LogP contribution in [0, 0.1) is 11.5 Å². The third-order valence-corrected chi connectivity index (χ3v) is 4.19. The van der Waals surface area contributed by atoms with Crippen LogP contribution in [0.3, 0.4) is 0 Å². The van der Waals surface area contributed by atoms with E-state index in [1.165, 1.54) is 0 Å². The zero-order chi connectivity index (χ0) is 17.9. The Morgan fingerprint density at radius 3 is 3.15 bits per heavy atom. The quantitative estimate of drug-likeness (QED) is 0.524. The van der Waals surface area contributed by atoms with Gasteiger partial charge in [0.05, 0.1) is 6.20 Å². The van der Waals surface area contributed by atoms with Crippen LogP contribution in [0.4, 0.5) is 0 Å². The highest BCUT2D eigenvalue weighted by Crippen LogP contribution is 2.30. The summed E-state index contributed by atoms with van der Waals surface area (Å²) < 4.78 is 7.04. The Morgan fingerprint density at radius 1 is 1.38 bits per heavy atom. The molecule has 1 atom stereocenters. The molecule has 130 valence electrons. The molecule has 0 saturated carbocycles. The molecule has 3 aromatic rings. The van der Waals surface area contributed by atoms with Crippen LogP contribution in [0.15, 0.2) is 40.1 Å². The minimum absolute atomic E-state index is 0.123. The maximum Gasteiger partial charge on any atom is 0.276 e. The van der Waals surface area contributed by atoms with Crippen molar-refractivity contribution < 1.29 is 4.52 Å². The number of aromatic nitrogens is 5. The van der Waals surface area contributed by atoms with E-state index in [4.69, 9.17) is 4.52 Å². The zero-order valence-electron chi connectivity index (χ0n) is 14.1. The van der Waals surface area contributed by atoms with Gasteiger partial charge in [0.1, 0.15) is 11.7 Å². The second-order valence-electron chi connectivity index (χ2n) is 5.90. The molecule has 0 aromatic carbocycles. The Kier molecular flexibility index (Phi) is 4.15. The normalized spacial score (nSPS) is 17.1. The lowest BCUT2D eigenvalue weighted by Crippen LogP contribution is -2.17. The molecule has 1 fully saturated rings. The number of hydrogen-bond acceptors (Lipinski definition) is 8. The molecule has 0 bridgehead atoms. The van der Waals surface area contributed by atoms with E-state index in [0.29, 0.717) is 23.2 Å². The van der Waals surface area contributed by atoms with Crippen molar-refractivity contribution in [1.29, 1.82) is 5.26 Å². The van der Waals surface area contributed by atoms with Gasteiger partial charge in [-0.05, 0) is 25.0 Å². The summed E-state index contributed by atoms with van der Waals surface area (Å²) in [7, 11) is 1.71. The number of nitrogens with zero attached hydrogens (tertiary/aromatic N) is 8. The molecule has 4 heterocycles. The number of pyridine rings is 1. The Bertz CT molecular complexity index is 983. The zero-order valence-corrected chi connectivity index (χ0v) is 14.1. The average molecular weight is 348 g/mol. The van der Waals surface area contributed by atoms with Crippen LogP contribution in [0.25, 0.3) is 17.4 Å². The topological polar surface area (TPSA) is 109 Å².